The van der Waals surface area contributed by atoms with Crippen LogP contribution in [0.25, 0.3) is 33.1 Å². The molecule has 0 amide bonds. The van der Waals surface area contributed by atoms with Crippen molar-refractivity contribution < 1.29 is 4.74 Å². The van der Waals surface area contributed by atoms with E-state index in [2.05, 4.69) is 9.97 Å². The second-order valence-corrected chi connectivity index (χ2v) is 5.57. The molecule has 0 spiro atoms. The molecule has 0 atom stereocenters. The molecule has 3 nitrogen and oxygen atoms in total. The minimum Gasteiger partial charge on any atom is -0.497 e. The first-order valence-electron chi connectivity index (χ1n) is 6.96. The number of aromatic nitrogens is 2. The number of hydrogen-bond donors (Lipinski definition) is 1. The van der Waals surface area contributed by atoms with Crippen molar-refractivity contribution in [3.05, 3.63) is 59.8 Å². The Kier molecular flexibility index (Phi) is 3.01. The van der Waals surface area contributed by atoms with Crippen LogP contribution in [0.4, 0.5) is 0 Å². The van der Waals surface area contributed by atoms with E-state index in [1.54, 1.807) is 7.11 Å². The summed E-state index contributed by atoms with van der Waals surface area (Å²) in [5.41, 5.74) is 3.98. The molecule has 4 aromatic rings. The molecule has 0 fully saturated rings. The van der Waals surface area contributed by atoms with Crippen LogP contribution in [0.15, 0.2) is 54.7 Å². The Morgan fingerprint density at radius 1 is 1.05 bits per heavy atom. The molecule has 4 rings (SSSR count). The molecule has 2 heterocycles. The first kappa shape index (κ1) is 13.2. The summed E-state index contributed by atoms with van der Waals surface area (Å²) in [5.74, 6) is 0.815. The molecular weight excluding hydrogens is 296 g/mol. The molecule has 0 unspecified atom stereocenters. The number of pyridine rings is 1. The maximum Gasteiger partial charge on any atom is 0.119 e. The van der Waals surface area contributed by atoms with Gasteiger partial charge < -0.3 is 9.72 Å². The number of rotatable bonds is 2. The van der Waals surface area contributed by atoms with Crippen molar-refractivity contribution in [1.82, 2.24) is 9.97 Å². The predicted molar refractivity (Wildman–Crippen MR) is 90.6 cm³/mol. The lowest BCUT2D eigenvalue weighted by atomic mass is 10.1. The van der Waals surface area contributed by atoms with Gasteiger partial charge in [-0.05, 0) is 36.4 Å². The lowest BCUT2D eigenvalue weighted by molar-refractivity contribution is 0.415. The van der Waals surface area contributed by atoms with Gasteiger partial charge in [-0.15, -0.1) is 0 Å². The van der Waals surface area contributed by atoms with Crippen molar-refractivity contribution in [2.75, 3.05) is 7.11 Å². The number of methoxy groups -OCH3 is 1. The van der Waals surface area contributed by atoms with Gasteiger partial charge in [0.1, 0.15) is 5.75 Å². The summed E-state index contributed by atoms with van der Waals surface area (Å²) in [4.78, 5) is 8.00. The lowest BCUT2D eigenvalue weighted by Crippen LogP contribution is -1.87. The molecule has 0 radical (unpaired) electrons. The number of nitrogens with zero attached hydrogens (tertiary/aromatic N) is 1. The molecule has 0 aliphatic heterocycles. The Balaban J connectivity index is 2.04. The van der Waals surface area contributed by atoms with E-state index < -0.39 is 0 Å². The molecule has 0 bridgehead atoms. The molecule has 2 aromatic heterocycles. The van der Waals surface area contributed by atoms with Crippen molar-refractivity contribution >= 4 is 33.4 Å². The van der Waals surface area contributed by atoms with Gasteiger partial charge in [0.2, 0.25) is 0 Å². The summed E-state index contributed by atoms with van der Waals surface area (Å²) in [5, 5.41) is 2.95. The van der Waals surface area contributed by atoms with Crippen molar-refractivity contribution in [2.24, 2.45) is 0 Å². The van der Waals surface area contributed by atoms with Gasteiger partial charge >= 0.3 is 0 Å². The standard InChI is InChI=1S/C18H13ClN2O/c1-22-13-4-2-3-11(9-13)17-18-14(7-8-20-17)15-10-12(19)5-6-16(15)21-18/h2-10,21H,1H3. The molecule has 0 saturated carbocycles. The number of benzene rings is 2. The molecule has 0 aliphatic rings. The summed E-state index contributed by atoms with van der Waals surface area (Å²) >= 11 is 6.13. The zero-order valence-electron chi connectivity index (χ0n) is 11.9. The summed E-state index contributed by atoms with van der Waals surface area (Å²) in [6.07, 6.45) is 1.82. The highest BCUT2D eigenvalue weighted by atomic mass is 35.5. The van der Waals surface area contributed by atoms with Crippen LogP contribution < -0.4 is 4.74 Å². The molecule has 2 aromatic carbocycles. The number of nitrogens with one attached hydrogen (secondary N) is 1. The van der Waals surface area contributed by atoms with Gasteiger partial charge in [-0.2, -0.15) is 0 Å². The second-order valence-electron chi connectivity index (χ2n) is 5.13. The van der Waals surface area contributed by atoms with Crippen LogP contribution in [0.2, 0.25) is 5.02 Å². The Hall–Kier alpha value is -2.52. The predicted octanol–water partition coefficient (Wildman–Crippen LogP) is 5.05. The van der Waals surface area contributed by atoms with Crippen molar-refractivity contribution in [2.45, 2.75) is 0 Å². The highest BCUT2D eigenvalue weighted by molar-refractivity contribution is 6.32. The molecule has 22 heavy (non-hydrogen) atoms. The highest BCUT2D eigenvalue weighted by Crippen LogP contribution is 2.33. The average molecular weight is 309 g/mol. The number of hydrogen-bond acceptors (Lipinski definition) is 2. The first-order chi connectivity index (χ1) is 10.8. The molecule has 108 valence electrons. The fourth-order valence-corrected chi connectivity index (χ4v) is 2.96. The lowest BCUT2D eigenvalue weighted by Gasteiger charge is -2.05. The number of aromatic amines is 1. The Bertz CT molecular complexity index is 991. The zero-order valence-corrected chi connectivity index (χ0v) is 12.7. The first-order valence-corrected chi connectivity index (χ1v) is 7.34. The van der Waals surface area contributed by atoms with Gasteiger partial charge in [-0.25, -0.2) is 0 Å². The maximum absolute atomic E-state index is 6.13. The molecule has 0 saturated heterocycles. The monoisotopic (exact) mass is 308 g/mol. The van der Waals surface area contributed by atoms with Gasteiger partial charge in [0.15, 0.2) is 0 Å². The van der Waals surface area contributed by atoms with E-state index in [9.17, 15) is 0 Å². The highest BCUT2D eigenvalue weighted by Gasteiger charge is 2.11. The average Bonchev–Trinajstić information content (AvgIpc) is 2.93. The fraction of sp³-hybridized carbons (Fsp3) is 0.0556. The smallest absolute Gasteiger partial charge is 0.119 e. The quantitative estimate of drug-likeness (QED) is 0.563. The van der Waals surface area contributed by atoms with Crippen molar-refractivity contribution in [3.63, 3.8) is 0 Å². The van der Waals surface area contributed by atoms with Crippen molar-refractivity contribution in [3.8, 4) is 17.0 Å². The SMILES string of the molecule is COc1cccc(-c2nccc3c2[nH]c2ccc(Cl)cc23)c1. The van der Waals surface area contributed by atoms with Gasteiger partial charge in [0, 0.05) is 33.1 Å². The van der Waals surface area contributed by atoms with Crippen LogP contribution >= 0.6 is 11.6 Å². The summed E-state index contributed by atoms with van der Waals surface area (Å²) < 4.78 is 5.31. The Labute approximate surface area is 132 Å². The summed E-state index contributed by atoms with van der Waals surface area (Å²) in [6, 6.07) is 15.8. The zero-order chi connectivity index (χ0) is 15.1. The summed E-state index contributed by atoms with van der Waals surface area (Å²) in [6.45, 7) is 0. The van der Waals surface area contributed by atoms with E-state index in [0.717, 1.165) is 43.8 Å². The van der Waals surface area contributed by atoms with E-state index >= 15 is 0 Å². The third kappa shape index (κ3) is 2.02. The van der Waals surface area contributed by atoms with Gasteiger partial charge in [-0.3, -0.25) is 4.98 Å². The molecule has 1 N–H and O–H groups in total. The van der Waals surface area contributed by atoms with Gasteiger partial charge in [0.05, 0.1) is 18.3 Å². The van der Waals surface area contributed by atoms with Crippen LogP contribution in [0.3, 0.4) is 0 Å². The normalized spacial score (nSPS) is 11.2. The van der Waals surface area contributed by atoms with E-state index in [-0.39, 0.29) is 0 Å². The minimum absolute atomic E-state index is 0.730. The van der Waals surface area contributed by atoms with Crippen LogP contribution in [0, 0.1) is 0 Å². The van der Waals surface area contributed by atoms with E-state index in [4.69, 9.17) is 16.3 Å². The van der Waals surface area contributed by atoms with E-state index in [1.807, 2.05) is 54.7 Å². The third-order valence-electron chi connectivity index (χ3n) is 3.83. The minimum atomic E-state index is 0.730. The Morgan fingerprint density at radius 3 is 2.82 bits per heavy atom. The van der Waals surface area contributed by atoms with Gasteiger partial charge in [-0.1, -0.05) is 23.7 Å². The maximum atomic E-state index is 6.13. The van der Waals surface area contributed by atoms with Gasteiger partial charge in [0.25, 0.3) is 0 Å². The number of halogens is 1. The molecule has 0 aliphatic carbocycles. The molecule has 4 heteroatoms. The third-order valence-corrected chi connectivity index (χ3v) is 4.06. The summed E-state index contributed by atoms with van der Waals surface area (Å²) in [7, 11) is 1.66. The van der Waals surface area contributed by atoms with Crippen LogP contribution in [0.1, 0.15) is 0 Å². The Morgan fingerprint density at radius 2 is 1.95 bits per heavy atom. The van der Waals surface area contributed by atoms with E-state index in [0.29, 0.717) is 0 Å². The fourth-order valence-electron chi connectivity index (χ4n) is 2.78. The molecular formula is C18H13ClN2O. The number of ether oxygens (including phenoxy) is 1. The van der Waals surface area contributed by atoms with Crippen LogP contribution in [0.5, 0.6) is 5.75 Å². The van der Waals surface area contributed by atoms with E-state index in [1.165, 1.54) is 0 Å². The number of fused-ring (bicyclic) bond motifs is 3. The van der Waals surface area contributed by atoms with Crippen molar-refractivity contribution in [1.29, 1.82) is 0 Å². The largest absolute Gasteiger partial charge is 0.497 e. The number of H-pyrrole nitrogens is 1. The second kappa shape index (κ2) is 5.04. The van der Waals surface area contributed by atoms with Crippen LogP contribution in [-0.4, -0.2) is 17.1 Å². The van der Waals surface area contributed by atoms with Crippen LogP contribution in [-0.2, 0) is 0 Å². The topological polar surface area (TPSA) is 37.9 Å².